The largest absolute Gasteiger partial charge is 0.456 e. The highest BCUT2D eigenvalue weighted by Crippen LogP contribution is 2.54. The van der Waals surface area contributed by atoms with Crippen molar-refractivity contribution in [2.75, 3.05) is 11.1 Å². The Morgan fingerprint density at radius 3 is 2.20 bits per heavy atom. The number of nitrogens with two attached hydrogens (primary N) is 1. The lowest BCUT2D eigenvalue weighted by Gasteiger charge is -2.54. The predicted molar refractivity (Wildman–Crippen MR) is 100 cm³/mol. The average Bonchev–Trinajstić information content (AvgIpc) is 2.49. The quantitative estimate of drug-likeness (QED) is 0.629. The number of hydrogen-bond donors (Lipinski definition) is 2. The van der Waals surface area contributed by atoms with Crippen LogP contribution in [0, 0.1) is 23.7 Å². The van der Waals surface area contributed by atoms with E-state index in [1.807, 2.05) is 32.9 Å². The van der Waals surface area contributed by atoms with Gasteiger partial charge >= 0.3 is 5.97 Å². The number of esters is 1. The van der Waals surface area contributed by atoms with Gasteiger partial charge in [-0.2, -0.15) is 0 Å². The number of anilines is 2. The summed E-state index contributed by atoms with van der Waals surface area (Å²) in [6.45, 7) is 5.61. The highest BCUT2D eigenvalue weighted by molar-refractivity contribution is 5.92. The summed E-state index contributed by atoms with van der Waals surface area (Å²) in [5.74, 6) is 3.20. The molecule has 0 heterocycles. The molecule has 0 spiro atoms. The molecular formula is C21H30N2O2. The lowest BCUT2D eigenvalue weighted by Crippen LogP contribution is -2.51. The van der Waals surface area contributed by atoms with Gasteiger partial charge in [-0.1, -0.05) is 0 Å². The summed E-state index contributed by atoms with van der Waals surface area (Å²) in [5, 5.41) is 3.73. The molecule has 0 atom stereocenters. The standard InChI is InChI=1S/C21H30N2O2/c1-21(2,3)25-20(24)14-4-5-18(17(22)11-14)23-19-15-7-12-6-13(9-15)10-16(19)8-12/h4-5,11-13,15-16,19,23H,6-10,22H2,1-3H3. The van der Waals surface area contributed by atoms with Crippen molar-refractivity contribution in [1.82, 2.24) is 0 Å². The van der Waals surface area contributed by atoms with E-state index in [4.69, 9.17) is 10.5 Å². The summed E-state index contributed by atoms with van der Waals surface area (Å²) in [5.41, 5.74) is 7.88. The molecule has 5 rings (SSSR count). The molecule has 0 aromatic heterocycles. The van der Waals surface area contributed by atoms with Crippen LogP contribution in [-0.2, 0) is 4.74 Å². The van der Waals surface area contributed by atoms with Crippen molar-refractivity contribution in [2.24, 2.45) is 23.7 Å². The molecule has 4 fully saturated rings. The smallest absolute Gasteiger partial charge is 0.338 e. The number of carbonyl (C=O) groups excluding carboxylic acids is 1. The highest BCUT2D eigenvalue weighted by atomic mass is 16.6. The Hall–Kier alpha value is -1.71. The van der Waals surface area contributed by atoms with Crippen LogP contribution in [0.1, 0.15) is 63.2 Å². The molecule has 1 aromatic rings. The Morgan fingerprint density at radius 2 is 1.68 bits per heavy atom. The molecule has 4 aliphatic rings. The van der Waals surface area contributed by atoms with Crippen LogP contribution >= 0.6 is 0 Å². The fourth-order valence-corrected chi connectivity index (χ4v) is 5.50. The van der Waals surface area contributed by atoms with Crippen LogP contribution in [0.25, 0.3) is 0 Å². The second kappa shape index (κ2) is 5.93. The van der Waals surface area contributed by atoms with Gasteiger partial charge in [0.2, 0.25) is 0 Å². The molecule has 0 amide bonds. The number of rotatable bonds is 3. The van der Waals surface area contributed by atoms with Gasteiger partial charge in [0.25, 0.3) is 0 Å². The van der Waals surface area contributed by atoms with Crippen LogP contribution in [0.5, 0.6) is 0 Å². The molecule has 25 heavy (non-hydrogen) atoms. The number of benzene rings is 1. The van der Waals surface area contributed by atoms with Crippen molar-refractivity contribution in [2.45, 2.75) is 64.5 Å². The molecule has 0 saturated heterocycles. The Bertz CT molecular complexity index is 649. The lowest BCUT2D eigenvalue weighted by molar-refractivity contribution is 0.00672. The summed E-state index contributed by atoms with van der Waals surface area (Å²) < 4.78 is 5.43. The van der Waals surface area contributed by atoms with Gasteiger partial charge in [-0.15, -0.1) is 0 Å². The first-order chi connectivity index (χ1) is 11.8. The molecule has 3 N–H and O–H groups in total. The number of ether oxygens (including phenoxy) is 1. The molecule has 4 nitrogen and oxygen atoms in total. The van der Waals surface area contributed by atoms with Crippen LogP contribution in [0.4, 0.5) is 11.4 Å². The molecule has 4 heteroatoms. The van der Waals surface area contributed by atoms with Crippen LogP contribution in [0.2, 0.25) is 0 Å². The van der Waals surface area contributed by atoms with Crippen LogP contribution < -0.4 is 11.1 Å². The first kappa shape index (κ1) is 16.7. The minimum atomic E-state index is -0.497. The number of hydrogen-bond acceptors (Lipinski definition) is 4. The summed E-state index contributed by atoms with van der Waals surface area (Å²) in [4.78, 5) is 12.2. The summed E-state index contributed by atoms with van der Waals surface area (Å²) in [6.07, 6.45) is 6.97. The fourth-order valence-electron chi connectivity index (χ4n) is 5.50. The van der Waals surface area contributed by atoms with Gasteiger partial charge in [0, 0.05) is 6.04 Å². The molecule has 0 radical (unpaired) electrons. The minimum Gasteiger partial charge on any atom is -0.456 e. The molecule has 4 saturated carbocycles. The van der Waals surface area contributed by atoms with Gasteiger partial charge in [0.15, 0.2) is 0 Å². The van der Waals surface area contributed by atoms with E-state index in [1.54, 1.807) is 6.07 Å². The molecular weight excluding hydrogens is 312 g/mol. The van der Waals surface area contributed by atoms with E-state index in [-0.39, 0.29) is 5.97 Å². The van der Waals surface area contributed by atoms with Crippen LogP contribution in [0.15, 0.2) is 18.2 Å². The zero-order chi connectivity index (χ0) is 17.8. The van der Waals surface area contributed by atoms with Crippen molar-refractivity contribution in [3.05, 3.63) is 23.8 Å². The van der Waals surface area contributed by atoms with E-state index in [9.17, 15) is 4.79 Å². The molecule has 136 valence electrons. The zero-order valence-corrected chi connectivity index (χ0v) is 15.5. The van der Waals surface area contributed by atoms with E-state index in [1.165, 1.54) is 32.1 Å². The van der Waals surface area contributed by atoms with Gasteiger partial charge in [-0.25, -0.2) is 4.79 Å². The normalized spacial score (nSPS) is 33.3. The van der Waals surface area contributed by atoms with Crippen molar-refractivity contribution in [1.29, 1.82) is 0 Å². The van der Waals surface area contributed by atoms with E-state index < -0.39 is 5.60 Å². The number of carbonyl (C=O) groups is 1. The minimum absolute atomic E-state index is 0.319. The van der Waals surface area contributed by atoms with Crippen LogP contribution in [-0.4, -0.2) is 17.6 Å². The first-order valence-corrected chi connectivity index (χ1v) is 9.68. The average molecular weight is 342 g/mol. The van der Waals surface area contributed by atoms with E-state index in [2.05, 4.69) is 5.32 Å². The fraction of sp³-hybridized carbons (Fsp3) is 0.667. The Kier molecular flexibility index (Phi) is 3.97. The molecule has 0 aliphatic heterocycles. The summed E-state index contributed by atoms with van der Waals surface area (Å²) in [7, 11) is 0. The van der Waals surface area contributed by atoms with Gasteiger partial charge in [-0.05, 0) is 94.7 Å². The Labute approximate surface area is 150 Å². The first-order valence-electron chi connectivity index (χ1n) is 9.68. The lowest BCUT2D eigenvalue weighted by atomic mass is 9.54. The third-order valence-corrected chi connectivity index (χ3v) is 6.24. The Balaban J connectivity index is 1.47. The van der Waals surface area contributed by atoms with Crippen molar-refractivity contribution in [3.63, 3.8) is 0 Å². The molecule has 1 aromatic carbocycles. The van der Waals surface area contributed by atoms with Crippen LogP contribution in [0.3, 0.4) is 0 Å². The topological polar surface area (TPSA) is 64.3 Å². The van der Waals surface area contributed by atoms with Gasteiger partial charge in [0.05, 0.1) is 16.9 Å². The maximum absolute atomic E-state index is 12.2. The number of nitrogen functional groups attached to an aromatic ring is 1. The van der Waals surface area contributed by atoms with E-state index in [0.29, 0.717) is 17.3 Å². The van der Waals surface area contributed by atoms with Gasteiger partial charge in [-0.3, -0.25) is 0 Å². The summed E-state index contributed by atoms with van der Waals surface area (Å²) >= 11 is 0. The molecule has 4 bridgehead atoms. The zero-order valence-electron chi connectivity index (χ0n) is 15.5. The maximum atomic E-state index is 12.2. The molecule has 0 unspecified atom stereocenters. The monoisotopic (exact) mass is 342 g/mol. The van der Waals surface area contributed by atoms with Gasteiger partial charge < -0.3 is 15.8 Å². The van der Waals surface area contributed by atoms with E-state index >= 15 is 0 Å². The second-order valence-electron chi connectivity index (χ2n) is 9.40. The summed E-state index contributed by atoms with van der Waals surface area (Å²) in [6, 6.07) is 6.05. The molecule has 4 aliphatic carbocycles. The van der Waals surface area contributed by atoms with Gasteiger partial charge in [0.1, 0.15) is 5.60 Å². The third-order valence-electron chi connectivity index (χ3n) is 6.24. The SMILES string of the molecule is CC(C)(C)OC(=O)c1ccc(NC2C3CC4CC(C3)CC2C4)c(N)c1. The van der Waals surface area contributed by atoms with Crippen molar-refractivity contribution in [3.8, 4) is 0 Å². The van der Waals surface area contributed by atoms with Crippen molar-refractivity contribution < 1.29 is 9.53 Å². The third kappa shape index (κ3) is 3.36. The van der Waals surface area contributed by atoms with Crippen molar-refractivity contribution >= 4 is 17.3 Å². The number of nitrogens with one attached hydrogen (secondary N) is 1. The second-order valence-corrected chi connectivity index (χ2v) is 9.40. The maximum Gasteiger partial charge on any atom is 0.338 e. The highest BCUT2D eigenvalue weighted by Gasteiger charge is 2.48. The Morgan fingerprint density at radius 1 is 1.08 bits per heavy atom. The van der Waals surface area contributed by atoms with E-state index in [0.717, 1.165) is 29.4 Å². The predicted octanol–water partition coefficient (Wildman–Crippen LogP) is 4.46.